The Labute approximate surface area is 107 Å². The molecule has 1 aromatic rings. The third-order valence-corrected chi connectivity index (χ3v) is 3.21. The van der Waals surface area contributed by atoms with Crippen molar-refractivity contribution >= 4 is 12.2 Å². The fraction of sp³-hybridized carbons (Fsp3) is 0.429. The van der Waals surface area contributed by atoms with E-state index < -0.39 is 5.60 Å². The molecule has 18 heavy (non-hydrogen) atoms. The van der Waals surface area contributed by atoms with Gasteiger partial charge in [0, 0.05) is 19.5 Å². The van der Waals surface area contributed by atoms with E-state index in [2.05, 4.69) is 0 Å². The Kier molecular flexibility index (Phi) is 3.77. The summed E-state index contributed by atoms with van der Waals surface area (Å²) in [6.45, 7) is 3.30. The van der Waals surface area contributed by atoms with E-state index in [-0.39, 0.29) is 12.3 Å². The molecule has 0 aromatic heterocycles. The minimum atomic E-state index is -0.991. The Morgan fingerprint density at radius 1 is 1.39 bits per heavy atom. The van der Waals surface area contributed by atoms with Crippen LogP contribution < -0.4 is 0 Å². The van der Waals surface area contributed by atoms with Crippen molar-refractivity contribution in [2.75, 3.05) is 13.2 Å². The standard InChI is InChI=1S/C14H17NO3/c1-14(7-9-16)13(17)15(8-10-18-14)11-12-5-3-2-4-6-12/h2-6,9H,7-8,10-11H2,1H3. The van der Waals surface area contributed by atoms with Gasteiger partial charge in [0.05, 0.1) is 6.61 Å². The first kappa shape index (κ1) is 12.8. The molecule has 1 aromatic carbocycles. The summed E-state index contributed by atoms with van der Waals surface area (Å²) in [5.41, 5.74) is 0.0932. The van der Waals surface area contributed by atoms with E-state index in [9.17, 15) is 9.59 Å². The highest BCUT2D eigenvalue weighted by atomic mass is 16.5. The van der Waals surface area contributed by atoms with Crippen LogP contribution >= 0.6 is 0 Å². The van der Waals surface area contributed by atoms with Crippen molar-refractivity contribution in [1.29, 1.82) is 0 Å². The normalized spacial score (nSPS) is 24.1. The maximum absolute atomic E-state index is 12.3. The first-order valence-corrected chi connectivity index (χ1v) is 6.06. The van der Waals surface area contributed by atoms with Crippen molar-refractivity contribution in [3.63, 3.8) is 0 Å². The van der Waals surface area contributed by atoms with Gasteiger partial charge in [-0.1, -0.05) is 30.3 Å². The number of hydrogen-bond acceptors (Lipinski definition) is 3. The van der Waals surface area contributed by atoms with Gasteiger partial charge >= 0.3 is 0 Å². The Balaban J connectivity index is 2.09. The molecule has 1 fully saturated rings. The largest absolute Gasteiger partial charge is 0.363 e. The molecule has 1 amide bonds. The van der Waals surface area contributed by atoms with Crippen LogP contribution in [0, 0.1) is 0 Å². The number of nitrogens with zero attached hydrogens (tertiary/aromatic N) is 1. The SMILES string of the molecule is CC1(CC=O)OCCN(Cc2ccccc2)C1=O. The molecule has 0 saturated carbocycles. The fourth-order valence-corrected chi connectivity index (χ4v) is 2.14. The maximum atomic E-state index is 12.3. The molecule has 1 saturated heterocycles. The van der Waals surface area contributed by atoms with Gasteiger partial charge in [0.2, 0.25) is 0 Å². The van der Waals surface area contributed by atoms with Gasteiger partial charge in [0.15, 0.2) is 5.60 Å². The number of carbonyl (C=O) groups excluding carboxylic acids is 2. The Bertz CT molecular complexity index is 432. The van der Waals surface area contributed by atoms with Crippen LogP contribution in [0.3, 0.4) is 0 Å². The lowest BCUT2D eigenvalue weighted by atomic mass is 9.99. The van der Waals surface area contributed by atoms with Gasteiger partial charge in [0.1, 0.15) is 6.29 Å². The molecule has 0 bridgehead atoms. The average Bonchev–Trinajstić information content (AvgIpc) is 2.37. The summed E-state index contributed by atoms with van der Waals surface area (Å²) in [5, 5.41) is 0. The molecular weight excluding hydrogens is 230 g/mol. The number of carbonyl (C=O) groups is 2. The smallest absolute Gasteiger partial charge is 0.255 e. The van der Waals surface area contributed by atoms with Crippen LogP contribution in [0.15, 0.2) is 30.3 Å². The van der Waals surface area contributed by atoms with Crippen LogP contribution in [0.5, 0.6) is 0 Å². The maximum Gasteiger partial charge on any atom is 0.255 e. The molecule has 0 aliphatic carbocycles. The molecule has 4 nitrogen and oxygen atoms in total. The number of amides is 1. The lowest BCUT2D eigenvalue weighted by Crippen LogP contribution is -2.54. The highest BCUT2D eigenvalue weighted by Crippen LogP contribution is 2.23. The Morgan fingerprint density at radius 3 is 2.78 bits per heavy atom. The number of morpholine rings is 1. The Morgan fingerprint density at radius 2 is 2.11 bits per heavy atom. The van der Waals surface area contributed by atoms with E-state index in [4.69, 9.17) is 4.74 Å². The Hall–Kier alpha value is -1.68. The molecule has 0 N–H and O–H groups in total. The van der Waals surface area contributed by atoms with E-state index in [0.717, 1.165) is 11.8 Å². The van der Waals surface area contributed by atoms with Gasteiger partial charge in [0.25, 0.3) is 5.91 Å². The van der Waals surface area contributed by atoms with Crippen molar-refractivity contribution < 1.29 is 14.3 Å². The van der Waals surface area contributed by atoms with Crippen LogP contribution in [-0.2, 0) is 20.9 Å². The minimum absolute atomic E-state index is 0.107. The number of ether oxygens (including phenoxy) is 1. The molecular formula is C14H17NO3. The molecule has 2 rings (SSSR count). The number of rotatable bonds is 4. The third-order valence-electron chi connectivity index (χ3n) is 3.21. The van der Waals surface area contributed by atoms with Gasteiger partial charge in [-0.3, -0.25) is 4.79 Å². The first-order valence-electron chi connectivity index (χ1n) is 6.06. The second-order valence-corrected chi connectivity index (χ2v) is 4.66. The van der Waals surface area contributed by atoms with E-state index in [0.29, 0.717) is 19.7 Å². The van der Waals surface area contributed by atoms with Crippen LogP contribution in [-0.4, -0.2) is 35.8 Å². The van der Waals surface area contributed by atoms with E-state index >= 15 is 0 Å². The van der Waals surface area contributed by atoms with Crippen LogP contribution in [0.25, 0.3) is 0 Å². The summed E-state index contributed by atoms with van der Waals surface area (Å²) in [4.78, 5) is 24.7. The van der Waals surface area contributed by atoms with Gasteiger partial charge in [-0.25, -0.2) is 0 Å². The third kappa shape index (κ3) is 2.59. The number of aldehydes is 1. The molecule has 96 valence electrons. The molecule has 1 unspecified atom stereocenters. The lowest BCUT2D eigenvalue weighted by Gasteiger charge is -2.38. The summed E-state index contributed by atoms with van der Waals surface area (Å²) in [6.07, 6.45) is 0.848. The van der Waals surface area contributed by atoms with Crippen LogP contribution in [0.4, 0.5) is 0 Å². The van der Waals surface area contributed by atoms with Crippen LogP contribution in [0.2, 0.25) is 0 Å². The van der Waals surface area contributed by atoms with E-state index in [1.54, 1.807) is 11.8 Å². The highest BCUT2D eigenvalue weighted by Gasteiger charge is 2.40. The van der Waals surface area contributed by atoms with Crippen LogP contribution in [0.1, 0.15) is 18.9 Å². The van der Waals surface area contributed by atoms with Crippen molar-refractivity contribution in [2.45, 2.75) is 25.5 Å². The van der Waals surface area contributed by atoms with Gasteiger partial charge in [-0.2, -0.15) is 0 Å². The zero-order valence-electron chi connectivity index (χ0n) is 10.5. The molecule has 4 heteroatoms. The minimum Gasteiger partial charge on any atom is -0.363 e. The molecule has 0 radical (unpaired) electrons. The van der Waals surface area contributed by atoms with E-state index in [1.807, 2.05) is 30.3 Å². The zero-order valence-corrected chi connectivity index (χ0v) is 10.5. The number of benzene rings is 1. The number of hydrogen-bond donors (Lipinski definition) is 0. The monoisotopic (exact) mass is 247 g/mol. The van der Waals surface area contributed by atoms with Crippen molar-refractivity contribution in [3.8, 4) is 0 Å². The second kappa shape index (κ2) is 5.31. The summed E-state index contributed by atoms with van der Waals surface area (Å²) in [7, 11) is 0. The topological polar surface area (TPSA) is 46.6 Å². The fourth-order valence-electron chi connectivity index (χ4n) is 2.14. The molecule has 1 heterocycles. The predicted octanol–water partition coefficient (Wildman–Crippen LogP) is 1.39. The zero-order chi connectivity index (χ0) is 13.0. The molecule has 1 aliphatic rings. The van der Waals surface area contributed by atoms with E-state index in [1.165, 1.54) is 0 Å². The lowest BCUT2D eigenvalue weighted by molar-refractivity contribution is -0.171. The van der Waals surface area contributed by atoms with Gasteiger partial charge in [-0.15, -0.1) is 0 Å². The van der Waals surface area contributed by atoms with Gasteiger partial charge in [-0.05, 0) is 12.5 Å². The van der Waals surface area contributed by atoms with Crippen molar-refractivity contribution in [3.05, 3.63) is 35.9 Å². The average molecular weight is 247 g/mol. The summed E-state index contributed by atoms with van der Waals surface area (Å²) in [5.74, 6) is -0.107. The van der Waals surface area contributed by atoms with Gasteiger partial charge < -0.3 is 14.4 Å². The molecule has 0 spiro atoms. The molecule has 1 atom stereocenters. The highest BCUT2D eigenvalue weighted by molar-refractivity contribution is 5.87. The summed E-state index contributed by atoms with van der Waals surface area (Å²) < 4.78 is 5.46. The predicted molar refractivity (Wildman–Crippen MR) is 66.9 cm³/mol. The summed E-state index contributed by atoms with van der Waals surface area (Å²) in [6, 6.07) is 9.82. The van der Waals surface area contributed by atoms with Crippen molar-refractivity contribution in [2.24, 2.45) is 0 Å². The second-order valence-electron chi connectivity index (χ2n) is 4.66. The first-order chi connectivity index (χ1) is 8.65. The quantitative estimate of drug-likeness (QED) is 0.755. The van der Waals surface area contributed by atoms with Crippen molar-refractivity contribution in [1.82, 2.24) is 4.90 Å². The molecule has 1 aliphatic heterocycles. The summed E-state index contributed by atoms with van der Waals surface area (Å²) >= 11 is 0.